The second-order valence-corrected chi connectivity index (χ2v) is 8.20. The molecule has 5 heteroatoms. The molecular formula is C14H24N2PS2+. The molecule has 0 aliphatic heterocycles. The Morgan fingerprint density at radius 3 is 2.58 bits per heavy atom. The van der Waals surface area contributed by atoms with E-state index >= 15 is 0 Å². The predicted octanol–water partition coefficient (Wildman–Crippen LogP) is 4.83. The first kappa shape index (κ1) is 18.6. The Hall–Kier alpha value is -0.440. The summed E-state index contributed by atoms with van der Waals surface area (Å²) in [7, 11) is 0. The molecule has 0 spiro atoms. The van der Waals surface area contributed by atoms with Crippen LogP contribution in [0.1, 0.15) is 27.7 Å². The van der Waals surface area contributed by atoms with Crippen LogP contribution in [0.15, 0.2) is 40.4 Å². The molecule has 0 aliphatic carbocycles. The van der Waals surface area contributed by atoms with Crippen molar-refractivity contribution in [2.24, 2.45) is 4.99 Å². The highest BCUT2D eigenvalue weighted by atomic mass is 32.7. The van der Waals surface area contributed by atoms with Gasteiger partial charge in [-0.05, 0) is 13.8 Å². The first-order valence-corrected chi connectivity index (χ1v) is 9.89. The predicted molar refractivity (Wildman–Crippen MR) is 98.9 cm³/mol. The summed E-state index contributed by atoms with van der Waals surface area (Å²) in [4.78, 5) is 4.45. The minimum atomic E-state index is -0.550. The van der Waals surface area contributed by atoms with Gasteiger partial charge in [-0.3, -0.25) is 4.99 Å². The Morgan fingerprint density at radius 1 is 1.42 bits per heavy atom. The molecule has 0 bridgehead atoms. The van der Waals surface area contributed by atoms with E-state index in [0.29, 0.717) is 5.25 Å². The molecule has 0 amide bonds. The molecule has 0 aromatic heterocycles. The van der Waals surface area contributed by atoms with Crippen molar-refractivity contribution in [2.45, 2.75) is 32.9 Å². The monoisotopic (exact) mass is 315 g/mol. The zero-order valence-corrected chi connectivity index (χ0v) is 14.7. The highest BCUT2D eigenvalue weighted by molar-refractivity contribution is 8.44. The molecule has 19 heavy (non-hydrogen) atoms. The van der Waals surface area contributed by atoms with E-state index in [4.69, 9.17) is 0 Å². The number of nitrogens with zero attached hydrogens (tertiary/aromatic N) is 1. The van der Waals surface area contributed by atoms with Crippen molar-refractivity contribution in [2.75, 3.05) is 6.54 Å². The Labute approximate surface area is 128 Å². The fourth-order valence-corrected chi connectivity index (χ4v) is 2.03. The van der Waals surface area contributed by atoms with Crippen LogP contribution < -0.4 is 5.32 Å². The number of rotatable bonds is 8. The summed E-state index contributed by atoms with van der Waals surface area (Å²) in [6.45, 7) is 8.48. The van der Waals surface area contributed by atoms with E-state index in [9.17, 15) is 0 Å². The average molecular weight is 315 g/mol. The van der Waals surface area contributed by atoms with E-state index in [1.165, 1.54) is 0 Å². The van der Waals surface area contributed by atoms with Crippen LogP contribution in [0.5, 0.6) is 0 Å². The Morgan fingerprint density at radius 2 is 2.11 bits per heavy atom. The molecule has 0 fully saturated rings. The van der Waals surface area contributed by atoms with Crippen molar-refractivity contribution in [1.82, 2.24) is 5.32 Å². The third-order valence-electron chi connectivity index (χ3n) is 2.10. The summed E-state index contributed by atoms with van der Waals surface area (Å²) in [5.41, 5.74) is 4.01. The summed E-state index contributed by atoms with van der Waals surface area (Å²) < 4.78 is 0. The molecule has 106 valence electrons. The number of aliphatic imine (C=N–C) groups is 1. The van der Waals surface area contributed by atoms with Gasteiger partial charge < -0.3 is 5.32 Å². The molecular weight excluding hydrogens is 291 g/mol. The minimum absolute atomic E-state index is 0.550. The average Bonchev–Trinajstić information content (AvgIpc) is 2.35. The van der Waals surface area contributed by atoms with Gasteiger partial charge >= 0.3 is 0 Å². The van der Waals surface area contributed by atoms with E-state index in [1.54, 1.807) is 11.8 Å². The first-order valence-electron chi connectivity index (χ1n) is 6.19. The zero-order chi connectivity index (χ0) is 14.7. The molecule has 1 N–H and O–H groups in total. The lowest BCUT2D eigenvalue weighted by Crippen LogP contribution is -2.14. The van der Waals surface area contributed by atoms with Crippen LogP contribution in [0.3, 0.4) is 0 Å². The number of hydrogen-bond donors (Lipinski definition) is 2. The van der Waals surface area contributed by atoms with Crippen LogP contribution in [0, 0.1) is 0 Å². The van der Waals surface area contributed by atoms with Gasteiger partial charge in [0.2, 0.25) is 0 Å². The van der Waals surface area contributed by atoms with Crippen LogP contribution >= 0.6 is 30.8 Å². The highest BCUT2D eigenvalue weighted by Crippen LogP contribution is 2.26. The maximum absolute atomic E-state index is 4.45. The van der Waals surface area contributed by atoms with Crippen molar-refractivity contribution in [3.05, 3.63) is 35.4 Å². The van der Waals surface area contributed by atoms with Crippen LogP contribution in [0.2, 0.25) is 0 Å². The highest BCUT2D eigenvalue weighted by Gasteiger charge is 1.97. The summed E-state index contributed by atoms with van der Waals surface area (Å²) in [5.74, 6) is 2.01. The summed E-state index contributed by atoms with van der Waals surface area (Å²) >= 11 is 6.00. The molecule has 0 radical (unpaired) electrons. The molecule has 0 aromatic carbocycles. The van der Waals surface area contributed by atoms with Gasteiger partial charge in [0.25, 0.3) is 0 Å². The van der Waals surface area contributed by atoms with Crippen LogP contribution in [-0.4, -0.2) is 23.6 Å². The largest absolute Gasteiger partial charge is 0.380 e. The molecule has 0 aliphatic rings. The molecule has 0 rings (SSSR count). The van der Waals surface area contributed by atoms with Gasteiger partial charge in [-0.25, -0.2) is 0 Å². The smallest absolute Gasteiger partial charge is 0.184 e. The number of thioether (sulfide) groups is 1. The third-order valence-corrected chi connectivity index (χ3v) is 3.76. The van der Waals surface area contributed by atoms with Crippen molar-refractivity contribution in [1.29, 1.82) is 0 Å². The fourth-order valence-electron chi connectivity index (χ4n) is 1.06. The van der Waals surface area contributed by atoms with Gasteiger partial charge in [0.1, 0.15) is 5.82 Å². The normalized spacial score (nSPS) is 14.7. The molecule has 0 aromatic rings. The molecule has 2 nitrogen and oxygen atoms in total. The standard InChI is InChI=1S/C14H24N2PS2/c1-6-13(8-9-17(5)18)15-10-14(7-2)16-11-19-12(3)4/h6-9,11-12,15,18H,5,10H2,1-4H3/q+1/b9-8-,13-6+,14-7-,16-11?. The minimum Gasteiger partial charge on any atom is -0.380 e. The maximum Gasteiger partial charge on any atom is 0.184 e. The summed E-state index contributed by atoms with van der Waals surface area (Å²) in [5, 5.41) is 3.91. The second-order valence-electron chi connectivity index (χ2n) is 4.05. The van der Waals surface area contributed by atoms with E-state index < -0.39 is 6.75 Å². The zero-order valence-electron chi connectivity index (χ0n) is 12.1. The second kappa shape index (κ2) is 11.4. The number of hydrogen-bond acceptors (Lipinski definition) is 4. The lowest BCUT2D eigenvalue weighted by molar-refractivity contribution is 0.883. The Kier molecular flexibility index (Phi) is 11.1. The van der Waals surface area contributed by atoms with Crippen LogP contribution in [0.4, 0.5) is 0 Å². The topological polar surface area (TPSA) is 24.4 Å². The quantitative estimate of drug-likeness (QED) is 0.220. The molecule has 0 saturated carbocycles. The number of allylic oxidation sites excluding steroid dienone is 3. The van der Waals surface area contributed by atoms with Gasteiger partial charge in [0.15, 0.2) is 6.75 Å². The number of thiol groups is 1. The van der Waals surface area contributed by atoms with Gasteiger partial charge in [-0.15, -0.1) is 11.8 Å². The van der Waals surface area contributed by atoms with Crippen LogP contribution in [-0.2, 0) is 0 Å². The first-order chi connectivity index (χ1) is 8.99. The molecule has 1 unspecified atom stereocenters. The van der Waals surface area contributed by atoms with E-state index in [-0.39, 0.29) is 0 Å². The van der Waals surface area contributed by atoms with Crippen molar-refractivity contribution in [3.8, 4) is 0 Å². The van der Waals surface area contributed by atoms with Crippen LogP contribution in [0.25, 0.3) is 0 Å². The van der Waals surface area contributed by atoms with E-state index in [0.717, 1.165) is 17.9 Å². The SMILES string of the molecule is C=[P+](S)/C=C\C(=C/C)NC/C(=C/C)N=CSC(C)C. The van der Waals surface area contributed by atoms with E-state index in [2.05, 4.69) is 42.7 Å². The van der Waals surface area contributed by atoms with Crippen molar-refractivity contribution in [3.63, 3.8) is 0 Å². The van der Waals surface area contributed by atoms with Crippen molar-refractivity contribution < 1.29 is 0 Å². The summed E-state index contributed by atoms with van der Waals surface area (Å²) in [6.07, 6.45) is 9.93. The lowest BCUT2D eigenvalue weighted by Gasteiger charge is -2.06. The van der Waals surface area contributed by atoms with Gasteiger partial charge in [0, 0.05) is 17.0 Å². The van der Waals surface area contributed by atoms with Gasteiger partial charge in [0.05, 0.1) is 36.3 Å². The Bertz CT molecular complexity index is 396. The fraction of sp³-hybridized carbons (Fsp3) is 0.429. The lowest BCUT2D eigenvalue weighted by atomic mass is 10.3. The number of nitrogens with one attached hydrogen (secondary N) is 1. The molecule has 0 heterocycles. The van der Waals surface area contributed by atoms with E-state index in [1.807, 2.05) is 43.4 Å². The third kappa shape index (κ3) is 11.1. The van der Waals surface area contributed by atoms with Gasteiger partial charge in [-0.1, -0.05) is 26.0 Å². The molecule has 0 saturated heterocycles. The molecule has 1 atom stereocenters. The summed E-state index contributed by atoms with van der Waals surface area (Å²) in [6, 6.07) is 0. The maximum atomic E-state index is 4.45. The Balaban J connectivity index is 4.34. The van der Waals surface area contributed by atoms with Gasteiger partial charge in [-0.2, -0.15) is 0 Å². The van der Waals surface area contributed by atoms with Crippen molar-refractivity contribution >= 4 is 42.6 Å².